The molecule has 1 aromatic rings. The fraction of sp³-hybridized carbons (Fsp3) is 0.667. The first-order valence-electron chi connectivity index (χ1n) is 10.1. The number of guanidine groups is 1. The Balaban J connectivity index is 1.39. The maximum absolute atomic E-state index is 5.74. The average Bonchev–Trinajstić information content (AvgIpc) is 3.41. The topological polar surface area (TPSA) is 49.3 Å². The number of rotatable bonds is 9. The molecule has 0 bridgehead atoms. The number of aliphatic imine (C=N–C) groups is 1. The maximum atomic E-state index is 5.74. The fourth-order valence-electron chi connectivity index (χ4n) is 3.50. The van der Waals surface area contributed by atoms with E-state index in [4.69, 9.17) is 9.47 Å². The van der Waals surface area contributed by atoms with E-state index in [1.165, 1.54) is 24.9 Å². The van der Waals surface area contributed by atoms with Gasteiger partial charge in [0.05, 0.1) is 13.7 Å². The first-order chi connectivity index (χ1) is 13.2. The van der Waals surface area contributed by atoms with E-state index < -0.39 is 0 Å². The van der Waals surface area contributed by atoms with Crippen LogP contribution in [0.25, 0.3) is 0 Å². The zero-order valence-corrected chi connectivity index (χ0v) is 17.0. The number of likely N-dealkylation sites (N-methyl/N-ethyl adjacent to an activating group) is 1. The summed E-state index contributed by atoms with van der Waals surface area (Å²) < 4.78 is 11.1. The molecule has 1 unspecified atom stereocenters. The van der Waals surface area contributed by atoms with Crippen molar-refractivity contribution in [3.8, 4) is 5.75 Å². The molecule has 0 radical (unpaired) electrons. The molecule has 1 saturated carbocycles. The van der Waals surface area contributed by atoms with Crippen molar-refractivity contribution >= 4 is 11.6 Å². The van der Waals surface area contributed by atoms with E-state index in [2.05, 4.69) is 45.4 Å². The third-order valence-corrected chi connectivity index (χ3v) is 5.45. The number of ether oxygens (including phenoxy) is 2. The first kappa shape index (κ1) is 19.8. The average molecular weight is 375 g/mol. The summed E-state index contributed by atoms with van der Waals surface area (Å²) in [7, 11) is 5.64. The maximum Gasteiger partial charge on any atom is 0.193 e. The van der Waals surface area contributed by atoms with Gasteiger partial charge in [-0.05, 0) is 43.2 Å². The fourth-order valence-corrected chi connectivity index (χ4v) is 3.50. The lowest BCUT2D eigenvalue weighted by atomic mass is 10.1. The van der Waals surface area contributed by atoms with Crippen molar-refractivity contribution in [3.63, 3.8) is 0 Å². The number of nitrogens with one attached hydrogen (secondary N) is 1. The van der Waals surface area contributed by atoms with Crippen molar-refractivity contribution in [1.82, 2.24) is 10.2 Å². The largest absolute Gasteiger partial charge is 0.497 e. The summed E-state index contributed by atoms with van der Waals surface area (Å²) in [6, 6.07) is 8.32. The number of hydrogen-bond donors (Lipinski definition) is 1. The summed E-state index contributed by atoms with van der Waals surface area (Å²) in [6.07, 6.45) is 3.87. The molecule has 0 aromatic heterocycles. The molecule has 6 nitrogen and oxygen atoms in total. The highest BCUT2D eigenvalue weighted by Crippen LogP contribution is 2.28. The van der Waals surface area contributed by atoms with E-state index in [0.717, 1.165) is 57.0 Å². The lowest BCUT2D eigenvalue weighted by Gasteiger charge is -2.24. The van der Waals surface area contributed by atoms with Crippen molar-refractivity contribution in [3.05, 3.63) is 24.3 Å². The second kappa shape index (κ2) is 9.83. The smallest absolute Gasteiger partial charge is 0.193 e. The molecule has 3 rings (SSSR count). The zero-order valence-electron chi connectivity index (χ0n) is 17.0. The molecule has 1 aliphatic carbocycles. The van der Waals surface area contributed by atoms with E-state index in [0.29, 0.717) is 5.92 Å². The Hall–Kier alpha value is -1.95. The van der Waals surface area contributed by atoms with E-state index in [1.54, 1.807) is 7.11 Å². The van der Waals surface area contributed by atoms with Crippen LogP contribution in [-0.4, -0.2) is 71.5 Å². The van der Waals surface area contributed by atoms with Crippen LogP contribution in [0.4, 0.5) is 5.69 Å². The molecule has 150 valence electrons. The Bertz CT molecular complexity index is 618. The Kier molecular flexibility index (Phi) is 7.21. The number of benzene rings is 1. The van der Waals surface area contributed by atoms with Gasteiger partial charge in [0.1, 0.15) is 5.75 Å². The van der Waals surface area contributed by atoms with Crippen molar-refractivity contribution < 1.29 is 9.47 Å². The molecular formula is C21H34N4O2. The molecular weight excluding hydrogens is 340 g/mol. The summed E-state index contributed by atoms with van der Waals surface area (Å²) in [5.74, 6) is 3.31. The highest BCUT2D eigenvalue weighted by Gasteiger charge is 2.24. The predicted octanol–water partition coefficient (Wildman–Crippen LogP) is 2.46. The van der Waals surface area contributed by atoms with Gasteiger partial charge in [0.15, 0.2) is 5.96 Å². The molecule has 1 N–H and O–H groups in total. The number of anilines is 1. The Labute approximate surface area is 163 Å². The van der Waals surface area contributed by atoms with Crippen LogP contribution >= 0.6 is 0 Å². The van der Waals surface area contributed by atoms with Crippen LogP contribution in [0.5, 0.6) is 5.75 Å². The quantitative estimate of drug-likeness (QED) is 0.409. The van der Waals surface area contributed by atoms with Gasteiger partial charge >= 0.3 is 0 Å². The highest BCUT2D eigenvalue weighted by molar-refractivity contribution is 5.79. The molecule has 2 fully saturated rings. The van der Waals surface area contributed by atoms with Crippen molar-refractivity contribution in [2.45, 2.75) is 19.3 Å². The van der Waals surface area contributed by atoms with E-state index >= 15 is 0 Å². The third-order valence-electron chi connectivity index (χ3n) is 5.45. The monoisotopic (exact) mass is 374 g/mol. The molecule has 1 saturated heterocycles. The van der Waals surface area contributed by atoms with Gasteiger partial charge in [-0.1, -0.05) is 6.07 Å². The van der Waals surface area contributed by atoms with Gasteiger partial charge in [-0.2, -0.15) is 0 Å². The zero-order chi connectivity index (χ0) is 19.1. The third kappa shape index (κ3) is 6.03. The molecule has 0 amide bonds. The minimum Gasteiger partial charge on any atom is -0.497 e. The standard InChI is InChI=1S/C21H34N4O2/c1-22-21(24(2)11-12-27-16-17-7-8-17)23-14-18-9-10-25(15-18)19-5-4-6-20(13-19)26-3/h4-6,13,17-18H,7-12,14-16H2,1-3H3,(H,22,23). The van der Waals surface area contributed by atoms with E-state index in [-0.39, 0.29) is 0 Å². The van der Waals surface area contributed by atoms with Gasteiger partial charge in [-0.15, -0.1) is 0 Å². The van der Waals surface area contributed by atoms with Crippen molar-refractivity contribution in [2.24, 2.45) is 16.8 Å². The van der Waals surface area contributed by atoms with Gasteiger partial charge < -0.3 is 24.6 Å². The lowest BCUT2D eigenvalue weighted by Crippen LogP contribution is -2.42. The molecule has 0 spiro atoms. The minimum absolute atomic E-state index is 0.618. The Morgan fingerprint density at radius 3 is 2.89 bits per heavy atom. The van der Waals surface area contributed by atoms with Crippen LogP contribution in [-0.2, 0) is 4.74 Å². The minimum atomic E-state index is 0.618. The molecule has 1 aromatic carbocycles. The number of nitrogens with zero attached hydrogens (tertiary/aromatic N) is 3. The molecule has 1 aliphatic heterocycles. The van der Waals surface area contributed by atoms with Gasteiger partial charge in [0.2, 0.25) is 0 Å². The van der Waals surface area contributed by atoms with Crippen LogP contribution in [0.3, 0.4) is 0 Å². The first-order valence-corrected chi connectivity index (χ1v) is 10.1. The summed E-state index contributed by atoms with van der Waals surface area (Å²) in [6.45, 7) is 5.64. The van der Waals surface area contributed by atoms with Gasteiger partial charge in [0.25, 0.3) is 0 Å². The van der Waals surface area contributed by atoms with E-state index in [1.807, 2.05) is 13.1 Å². The Morgan fingerprint density at radius 2 is 2.15 bits per heavy atom. The predicted molar refractivity (Wildman–Crippen MR) is 111 cm³/mol. The van der Waals surface area contributed by atoms with Crippen LogP contribution in [0.15, 0.2) is 29.3 Å². The molecule has 2 aliphatic rings. The van der Waals surface area contributed by atoms with Gasteiger partial charge in [-0.25, -0.2) is 0 Å². The lowest BCUT2D eigenvalue weighted by molar-refractivity contribution is 0.115. The summed E-state index contributed by atoms with van der Waals surface area (Å²) >= 11 is 0. The van der Waals surface area contributed by atoms with Crippen LogP contribution in [0, 0.1) is 11.8 Å². The second-order valence-electron chi connectivity index (χ2n) is 7.67. The molecule has 1 atom stereocenters. The Morgan fingerprint density at radius 1 is 1.30 bits per heavy atom. The second-order valence-corrected chi connectivity index (χ2v) is 7.67. The molecule has 1 heterocycles. The van der Waals surface area contributed by atoms with Crippen molar-refractivity contribution in [1.29, 1.82) is 0 Å². The number of hydrogen-bond acceptors (Lipinski definition) is 4. The van der Waals surface area contributed by atoms with Gasteiger partial charge in [0, 0.05) is 58.6 Å². The van der Waals surface area contributed by atoms with E-state index in [9.17, 15) is 0 Å². The van der Waals surface area contributed by atoms with Gasteiger partial charge in [-0.3, -0.25) is 4.99 Å². The normalized spacial score (nSPS) is 20.0. The van der Waals surface area contributed by atoms with Crippen molar-refractivity contribution in [2.75, 3.05) is 65.5 Å². The highest BCUT2D eigenvalue weighted by atomic mass is 16.5. The summed E-state index contributed by atoms with van der Waals surface area (Å²) in [5.41, 5.74) is 1.24. The SMILES string of the molecule is CN=C(NCC1CCN(c2cccc(OC)c2)C1)N(C)CCOCC1CC1. The van der Waals surface area contributed by atoms with Crippen LogP contribution in [0.1, 0.15) is 19.3 Å². The van der Waals surface area contributed by atoms with Crippen LogP contribution in [0.2, 0.25) is 0 Å². The van der Waals surface area contributed by atoms with Crippen LogP contribution < -0.4 is 15.0 Å². The summed E-state index contributed by atoms with van der Waals surface area (Å²) in [5, 5.41) is 3.54. The molecule has 6 heteroatoms. The molecule has 27 heavy (non-hydrogen) atoms. The number of methoxy groups -OCH3 is 1. The summed E-state index contributed by atoms with van der Waals surface area (Å²) in [4.78, 5) is 9.01.